The van der Waals surface area contributed by atoms with Gasteiger partial charge in [-0.1, -0.05) is 0 Å². The zero-order chi connectivity index (χ0) is 45.6. The van der Waals surface area contributed by atoms with E-state index in [-0.39, 0.29) is 0 Å². The molecule has 24 atom stereocenters. The molecule has 0 aromatic heterocycles. The lowest BCUT2D eigenvalue weighted by molar-refractivity contribution is -0.396. The van der Waals surface area contributed by atoms with Crippen LogP contribution in [0.25, 0.3) is 0 Å². The summed E-state index contributed by atoms with van der Waals surface area (Å²) >= 11 is 0. The molecule has 0 aromatic rings. The number of hydrogen-bond acceptors (Lipinski definition) is 25. The molecule has 0 radical (unpaired) electrons. The molecule has 4 heterocycles. The van der Waals surface area contributed by atoms with Gasteiger partial charge in [-0.3, -0.25) is 9.59 Å². The molecule has 17 N–H and O–H groups in total. The van der Waals surface area contributed by atoms with E-state index in [1.54, 1.807) is 0 Å². The van der Waals surface area contributed by atoms with Gasteiger partial charge in [0.25, 0.3) is 0 Å². The Morgan fingerprint density at radius 2 is 1.08 bits per heavy atom. The molecule has 0 saturated carbocycles. The number of carbonyl (C=O) groups is 2. The van der Waals surface area contributed by atoms with Gasteiger partial charge in [-0.2, -0.15) is 0 Å². The Labute approximate surface area is 347 Å². The Morgan fingerprint density at radius 3 is 1.62 bits per heavy atom. The molecule has 4 aliphatic rings. The molecule has 4 saturated heterocycles. The fraction of sp³-hybridized carbons (Fsp3) is 0.941. The first kappa shape index (κ1) is 51.7. The van der Waals surface area contributed by atoms with Crippen LogP contribution in [0.2, 0.25) is 0 Å². The van der Waals surface area contributed by atoms with Crippen LogP contribution in [-0.2, 0) is 47.5 Å². The molecule has 356 valence electrons. The molecular formula is C34H60N2O25. The maximum Gasteiger partial charge on any atom is 0.217 e. The predicted octanol–water partition coefficient (Wildman–Crippen LogP) is -11.0. The van der Waals surface area contributed by atoms with Gasteiger partial charge in [0.1, 0.15) is 110 Å². The van der Waals surface area contributed by atoms with E-state index in [9.17, 15) is 86.2 Å². The zero-order valence-corrected chi connectivity index (χ0v) is 33.2. The van der Waals surface area contributed by atoms with Gasteiger partial charge in [0.05, 0.1) is 45.2 Å². The lowest BCUT2D eigenvalue weighted by Crippen LogP contribution is -2.68. The molecule has 27 heteroatoms. The zero-order valence-electron chi connectivity index (χ0n) is 33.2. The molecule has 61 heavy (non-hydrogen) atoms. The first-order chi connectivity index (χ1) is 28.7. The highest BCUT2D eigenvalue weighted by atomic mass is 16.8. The third-order valence-electron chi connectivity index (χ3n) is 10.7. The SMILES string of the molecule is CC(=O)N[C@H]1[C@H](OC[C@@H](O)[C@H](O)[C@H](O[C@@H]2O[C@H](CO)[C@H](O)[C@H](O[C@@H]3O[C@H](CO)[C@H](O)[C@H](O)[C@H]3O)[C@H]2O[C@H]2O[C@H](C)[C@H](O)[C@H](O)[C@H]2O)[C@H](CO)NC(C)=O)O[C@H](CO)[C@@H](O)[C@@H]1O. The van der Waals surface area contributed by atoms with Crippen molar-refractivity contribution < 1.29 is 124 Å². The number of aliphatic hydroxyl groups is 15. The van der Waals surface area contributed by atoms with Crippen LogP contribution in [0.3, 0.4) is 0 Å². The van der Waals surface area contributed by atoms with E-state index in [0.717, 1.165) is 13.8 Å². The number of ether oxygens (including phenoxy) is 8. The maximum atomic E-state index is 12.3. The van der Waals surface area contributed by atoms with Crippen molar-refractivity contribution in [2.45, 2.75) is 168 Å². The van der Waals surface area contributed by atoms with Crippen molar-refractivity contribution in [1.82, 2.24) is 10.6 Å². The number of carbonyl (C=O) groups excluding carboxylic acids is 2. The van der Waals surface area contributed by atoms with Crippen molar-refractivity contribution in [3.05, 3.63) is 0 Å². The lowest BCUT2D eigenvalue weighted by Gasteiger charge is -2.49. The number of hydrogen-bond donors (Lipinski definition) is 17. The fourth-order valence-electron chi connectivity index (χ4n) is 7.25. The van der Waals surface area contributed by atoms with E-state index >= 15 is 0 Å². The van der Waals surface area contributed by atoms with Crippen molar-refractivity contribution in [2.24, 2.45) is 0 Å². The van der Waals surface area contributed by atoms with Crippen LogP contribution in [0.1, 0.15) is 20.8 Å². The molecule has 4 fully saturated rings. The maximum absolute atomic E-state index is 12.3. The van der Waals surface area contributed by atoms with Gasteiger partial charge in [0.2, 0.25) is 11.8 Å². The molecule has 0 aromatic carbocycles. The van der Waals surface area contributed by atoms with E-state index in [2.05, 4.69) is 10.6 Å². The summed E-state index contributed by atoms with van der Waals surface area (Å²) in [4.78, 5) is 24.2. The van der Waals surface area contributed by atoms with Crippen molar-refractivity contribution in [3.63, 3.8) is 0 Å². The topological polar surface area (TPSA) is 435 Å². The van der Waals surface area contributed by atoms with Crippen molar-refractivity contribution in [1.29, 1.82) is 0 Å². The van der Waals surface area contributed by atoms with Crippen molar-refractivity contribution >= 4 is 11.8 Å². The average molecular weight is 897 g/mol. The number of nitrogens with one attached hydrogen (secondary N) is 2. The Hall–Kier alpha value is -1.98. The summed E-state index contributed by atoms with van der Waals surface area (Å²) in [6, 6.07) is -3.15. The fourth-order valence-corrected chi connectivity index (χ4v) is 7.25. The molecule has 0 spiro atoms. The second-order valence-corrected chi connectivity index (χ2v) is 15.2. The Kier molecular flexibility index (Phi) is 19.3. The molecule has 0 bridgehead atoms. The van der Waals surface area contributed by atoms with E-state index in [1.807, 2.05) is 0 Å². The van der Waals surface area contributed by atoms with Crippen LogP contribution in [-0.4, -0.2) is 269 Å². The molecule has 4 rings (SSSR count). The van der Waals surface area contributed by atoms with Crippen molar-refractivity contribution in [2.75, 3.05) is 33.0 Å². The minimum Gasteiger partial charge on any atom is -0.394 e. The Morgan fingerprint density at radius 1 is 0.590 bits per heavy atom. The van der Waals surface area contributed by atoms with Gasteiger partial charge < -0.3 is 125 Å². The van der Waals surface area contributed by atoms with Gasteiger partial charge in [0.15, 0.2) is 25.2 Å². The first-order valence-corrected chi connectivity index (χ1v) is 19.4. The molecular weight excluding hydrogens is 836 g/mol. The summed E-state index contributed by atoms with van der Waals surface area (Å²) in [6.45, 7) is -1.37. The first-order valence-electron chi connectivity index (χ1n) is 19.4. The summed E-state index contributed by atoms with van der Waals surface area (Å²) in [5.41, 5.74) is 0. The Balaban J connectivity index is 1.71. The normalized spacial score (nSPS) is 44.1. The molecule has 0 unspecified atom stereocenters. The monoisotopic (exact) mass is 896 g/mol. The van der Waals surface area contributed by atoms with Crippen LogP contribution < -0.4 is 10.6 Å². The number of rotatable bonds is 18. The van der Waals surface area contributed by atoms with E-state index < -0.39 is 192 Å². The highest BCUT2D eigenvalue weighted by Gasteiger charge is 2.56. The van der Waals surface area contributed by atoms with E-state index in [1.165, 1.54) is 6.92 Å². The van der Waals surface area contributed by atoms with Crippen LogP contribution in [0.15, 0.2) is 0 Å². The van der Waals surface area contributed by atoms with Crippen LogP contribution in [0.4, 0.5) is 0 Å². The third-order valence-corrected chi connectivity index (χ3v) is 10.7. The number of amides is 2. The molecule has 0 aliphatic carbocycles. The minimum absolute atomic E-state index is 0.707. The van der Waals surface area contributed by atoms with Crippen molar-refractivity contribution in [3.8, 4) is 0 Å². The largest absolute Gasteiger partial charge is 0.394 e. The predicted molar refractivity (Wildman–Crippen MR) is 191 cm³/mol. The van der Waals surface area contributed by atoms with Crippen LogP contribution in [0.5, 0.6) is 0 Å². The molecule has 4 aliphatic heterocycles. The minimum atomic E-state index is -2.27. The van der Waals surface area contributed by atoms with E-state index in [0.29, 0.717) is 0 Å². The molecule has 27 nitrogen and oxygen atoms in total. The Bertz CT molecular complexity index is 1370. The lowest BCUT2D eigenvalue weighted by atomic mass is 9.95. The summed E-state index contributed by atoms with van der Waals surface area (Å²) in [6.07, 6.45) is -41.2. The van der Waals surface area contributed by atoms with Crippen LogP contribution >= 0.6 is 0 Å². The molecule has 2 amide bonds. The summed E-state index contributed by atoms with van der Waals surface area (Å²) in [5, 5.41) is 163. The summed E-state index contributed by atoms with van der Waals surface area (Å²) in [7, 11) is 0. The summed E-state index contributed by atoms with van der Waals surface area (Å²) in [5.74, 6) is -1.52. The second kappa shape index (κ2) is 22.8. The average Bonchev–Trinajstić information content (AvgIpc) is 3.22. The quantitative estimate of drug-likeness (QED) is 0.0607. The second-order valence-electron chi connectivity index (χ2n) is 15.2. The van der Waals surface area contributed by atoms with Gasteiger partial charge in [0, 0.05) is 13.8 Å². The van der Waals surface area contributed by atoms with Gasteiger partial charge >= 0.3 is 0 Å². The third kappa shape index (κ3) is 12.0. The van der Waals surface area contributed by atoms with Gasteiger partial charge in [-0.25, -0.2) is 0 Å². The highest BCUT2D eigenvalue weighted by molar-refractivity contribution is 5.73. The van der Waals surface area contributed by atoms with E-state index in [4.69, 9.17) is 37.9 Å². The summed E-state index contributed by atoms with van der Waals surface area (Å²) < 4.78 is 45.7. The standard InChI is InChI=1S/C34H60N2O25/c1-9-18(44)24(50)26(52)32(55-9)61-30-29(60-33-27(53)25(51)21(47)15(6-39)57-33)22(48)16(7-40)58-34(30)59-28(12(4-37)35-10(2)41)19(45)13(43)8-54-31-17(36-11(3)42)23(49)20(46)14(5-38)56-31/h9,12-34,37-40,43-53H,4-8H2,1-3H3,(H,35,41)(H,36,42)/t9-,12+,13-,14-,15-,16-,17-,18+,19+,20-,21+,22+,23-,24+,25+,26-,27-,28-,29+,30-,31-,32-,33+,34+/m1/s1. The number of aliphatic hydroxyl groups excluding tert-OH is 15. The highest BCUT2D eigenvalue weighted by Crippen LogP contribution is 2.35. The van der Waals surface area contributed by atoms with Crippen LogP contribution in [0, 0.1) is 0 Å². The smallest absolute Gasteiger partial charge is 0.217 e. The van der Waals surface area contributed by atoms with Gasteiger partial charge in [-0.15, -0.1) is 0 Å². The van der Waals surface area contributed by atoms with Gasteiger partial charge in [-0.05, 0) is 6.92 Å².